The average Bonchev–Trinajstić information content (AvgIpc) is 2.72. The highest BCUT2D eigenvalue weighted by Gasteiger charge is 2.41. The van der Waals surface area contributed by atoms with Crippen molar-refractivity contribution < 1.29 is 31.1 Å². The molecule has 0 aromatic carbocycles. The van der Waals surface area contributed by atoms with Crippen molar-refractivity contribution in [3.63, 3.8) is 0 Å². The van der Waals surface area contributed by atoms with Crippen molar-refractivity contribution in [2.45, 2.75) is 44.1 Å². The molecular formula is C21H21F6N5O2. The Morgan fingerprint density at radius 2 is 1.71 bits per heavy atom. The van der Waals surface area contributed by atoms with Gasteiger partial charge in [-0.25, -0.2) is 9.97 Å². The van der Waals surface area contributed by atoms with Gasteiger partial charge in [-0.3, -0.25) is 9.59 Å². The van der Waals surface area contributed by atoms with E-state index in [1.807, 2.05) is 6.92 Å². The first-order chi connectivity index (χ1) is 15.8. The molecule has 1 amide bonds. The van der Waals surface area contributed by atoms with Crippen LogP contribution in [0.3, 0.4) is 0 Å². The third kappa shape index (κ3) is 4.73. The van der Waals surface area contributed by atoms with Crippen LogP contribution in [-0.2, 0) is 17.1 Å². The van der Waals surface area contributed by atoms with Gasteiger partial charge in [0.25, 0.3) is 5.56 Å². The van der Waals surface area contributed by atoms with E-state index in [-0.39, 0.29) is 29.7 Å². The Labute approximate surface area is 189 Å². The minimum absolute atomic E-state index is 0.114. The van der Waals surface area contributed by atoms with E-state index >= 15 is 0 Å². The Balaban J connectivity index is 1.34. The van der Waals surface area contributed by atoms with E-state index in [0.29, 0.717) is 38.0 Å². The molecule has 1 saturated heterocycles. The molecular weight excluding hydrogens is 468 g/mol. The molecule has 0 unspecified atom stereocenters. The predicted octanol–water partition coefficient (Wildman–Crippen LogP) is 3.43. The summed E-state index contributed by atoms with van der Waals surface area (Å²) < 4.78 is 77.1. The van der Waals surface area contributed by atoms with Gasteiger partial charge in [0.2, 0.25) is 11.9 Å². The first-order valence-electron chi connectivity index (χ1n) is 10.6. The van der Waals surface area contributed by atoms with Crippen LogP contribution in [0, 0.1) is 5.92 Å². The van der Waals surface area contributed by atoms with Crippen LogP contribution in [0.25, 0.3) is 0 Å². The van der Waals surface area contributed by atoms with E-state index in [1.54, 1.807) is 9.80 Å². The lowest BCUT2D eigenvalue weighted by molar-refractivity contribution is -0.140. The number of pyridine rings is 1. The molecule has 7 nitrogen and oxygen atoms in total. The van der Waals surface area contributed by atoms with Gasteiger partial charge >= 0.3 is 12.4 Å². The van der Waals surface area contributed by atoms with Crippen molar-refractivity contribution in [2.75, 3.05) is 24.5 Å². The molecule has 34 heavy (non-hydrogen) atoms. The number of aromatic nitrogens is 3. The molecule has 1 saturated carbocycles. The molecule has 184 valence electrons. The summed E-state index contributed by atoms with van der Waals surface area (Å²) in [5.41, 5.74) is -3.06. The zero-order chi connectivity index (χ0) is 24.8. The maximum Gasteiger partial charge on any atom is 0.421 e. The molecule has 1 atom stereocenters. The number of aromatic amines is 1. The van der Waals surface area contributed by atoms with Crippen molar-refractivity contribution in [2.24, 2.45) is 5.92 Å². The summed E-state index contributed by atoms with van der Waals surface area (Å²) in [7, 11) is 0. The summed E-state index contributed by atoms with van der Waals surface area (Å²) in [5.74, 6) is -0.565. The number of amides is 1. The third-order valence-electron chi connectivity index (χ3n) is 6.35. The molecule has 3 heterocycles. The van der Waals surface area contributed by atoms with E-state index < -0.39 is 29.0 Å². The van der Waals surface area contributed by atoms with Crippen LogP contribution in [0.2, 0.25) is 0 Å². The van der Waals surface area contributed by atoms with Gasteiger partial charge in [-0.1, -0.05) is 0 Å². The van der Waals surface area contributed by atoms with Crippen LogP contribution < -0.4 is 10.5 Å². The minimum atomic E-state index is -4.75. The smallest absolute Gasteiger partial charge is 0.339 e. The van der Waals surface area contributed by atoms with Crippen LogP contribution in [-0.4, -0.2) is 51.4 Å². The number of anilines is 1. The molecule has 1 aliphatic carbocycles. The van der Waals surface area contributed by atoms with Crippen molar-refractivity contribution in [1.82, 2.24) is 19.9 Å². The maximum atomic E-state index is 13.0. The quantitative estimate of drug-likeness (QED) is 0.669. The molecule has 2 aromatic rings. The molecule has 2 aliphatic rings. The number of nitrogens with one attached hydrogen (secondary N) is 1. The second-order valence-corrected chi connectivity index (χ2v) is 8.63. The van der Waals surface area contributed by atoms with E-state index in [0.717, 1.165) is 18.5 Å². The zero-order valence-corrected chi connectivity index (χ0v) is 18.0. The Bertz CT molecular complexity index is 1110. The largest absolute Gasteiger partial charge is 0.421 e. The number of piperazine rings is 1. The molecule has 2 fully saturated rings. The summed E-state index contributed by atoms with van der Waals surface area (Å²) in [6.45, 7) is 2.79. The van der Waals surface area contributed by atoms with Gasteiger partial charge in [-0.05, 0) is 37.3 Å². The lowest BCUT2D eigenvalue weighted by Gasteiger charge is -2.43. The zero-order valence-electron chi connectivity index (χ0n) is 18.0. The number of hydrogen-bond acceptors (Lipinski definition) is 5. The van der Waals surface area contributed by atoms with E-state index in [9.17, 15) is 35.9 Å². The Kier molecular flexibility index (Phi) is 6.06. The molecule has 2 aromatic heterocycles. The van der Waals surface area contributed by atoms with Gasteiger partial charge in [0.1, 0.15) is 5.56 Å². The van der Waals surface area contributed by atoms with E-state index in [4.69, 9.17) is 0 Å². The number of carbonyl (C=O) groups excluding carboxylic acids is 1. The Hall–Kier alpha value is -3.12. The summed E-state index contributed by atoms with van der Waals surface area (Å²) in [5, 5.41) is 0. The standard InChI is InChI=1S/C21H21F6N5O2/c1-11-10-31(2-3-32(11)19-29-8-15(9-30-19)20(22,23)24)18(34)13-4-12(5-13)14-6-16(21(25,26)27)17(33)28-7-14/h6-9,11-13H,2-5,10H2,1H3,(H,28,33)/t11-,12?,13?/m1/s1. The van der Waals surface area contributed by atoms with Gasteiger partial charge in [0, 0.05) is 50.2 Å². The first kappa shape index (κ1) is 24.0. The van der Waals surface area contributed by atoms with Crippen LogP contribution in [0.1, 0.15) is 42.4 Å². The first-order valence-corrected chi connectivity index (χ1v) is 10.6. The average molecular weight is 489 g/mol. The summed E-state index contributed by atoms with van der Waals surface area (Å²) in [6.07, 6.45) is -5.83. The SMILES string of the molecule is C[C@@H]1CN(C(=O)C2CC(c3c[nH]c(=O)c(C(F)(F)F)c3)C2)CCN1c1ncc(C(F)(F)F)cn1. The number of H-pyrrole nitrogens is 1. The van der Waals surface area contributed by atoms with Gasteiger partial charge < -0.3 is 14.8 Å². The van der Waals surface area contributed by atoms with Crippen LogP contribution in [0.5, 0.6) is 0 Å². The van der Waals surface area contributed by atoms with Gasteiger partial charge in [0.15, 0.2) is 0 Å². The molecule has 1 aliphatic heterocycles. The topological polar surface area (TPSA) is 82.2 Å². The maximum absolute atomic E-state index is 13.0. The normalized spacial score (nSPS) is 23.6. The highest BCUT2D eigenvalue weighted by molar-refractivity contribution is 5.80. The summed E-state index contributed by atoms with van der Waals surface area (Å²) >= 11 is 0. The van der Waals surface area contributed by atoms with Crippen molar-refractivity contribution in [3.05, 3.63) is 51.7 Å². The molecule has 1 N–H and O–H groups in total. The van der Waals surface area contributed by atoms with Gasteiger partial charge in [-0.15, -0.1) is 0 Å². The number of halogens is 6. The lowest BCUT2D eigenvalue weighted by Crippen LogP contribution is -2.56. The molecule has 13 heteroatoms. The molecule has 0 spiro atoms. The second-order valence-electron chi connectivity index (χ2n) is 8.63. The molecule has 0 bridgehead atoms. The fourth-order valence-electron chi connectivity index (χ4n) is 4.37. The highest BCUT2D eigenvalue weighted by Crippen LogP contribution is 2.43. The lowest BCUT2D eigenvalue weighted by atomic mass is 9.71. The second kappa shape index (κ2) is 8.58. The third-order valence-corrected chi connectivity index (χ3v) is 6.35. The van der Waals surface area contributed by atoms with Crippen LogP contribution >= 0.6 is 0 Å². The number of hydrogen-bond donors (Lipinski definition) is 1. The number of rotatable bonds is 3. The number of carbonyl (C=O) groups is 1. The predicted molar refractivity (Wildman–Crippen MR) is 108 cm³/mol. The molecule has 4 rings (SSSR count). The summed E-state index contributed by atoms with van der Waals surface area (Å²) in [6, 6.07) is 0.605. The highest BCUT2D eigenvalue weighted by atomic mass is 19.4. The monoisotopic (exact) mass is 489 g/mol. The van der Waals surface area contributed by atoms with Crippen LogP contribution in [0.4, 0.5) is 32.3 Å². The minimum Gasteiger partial charge on any atom is -0.339 e. The van der Waals surface area contributed by atoms with E-state index in [2.05, 4.69) is 15.0 Å². The van der Waals surface area contributed by atoms with Gasteiger partial charge in [-0.2, -0.15) is 26.3 Å². The van der Waals surface area contributed by atoms with Crippen molar-refractivity contribution >= 4 is 11.9 Å². The fourth-order valence-corrected chi connectivity index (χ4v) is 4.37. The Morgan fingerprint density at radius 1 is 1.06 bits per heavy atom. The number of nitrogens with zero attached hydrogens (tertiary/aromatic N) is 4. The van der Waals surface area contributed by atoms with E-state index in [1.165, 1.54) is 6.20 Å². The number of alkyl halides is 6. The van der Waals surface area contributed by atoms with Crippen molar-refractivity contribution in [3.8, 4) is 0 Å². The van der Waals surface area contributed by atoms with Crippen molar-refractivity contribution in [1.29, 1.82) is 0 Å². The van der Waals surface area contributed by atoms with Crippen LogP contribution in [0.15, 0.2) is 29.5 Å². The summed E-state index contributed by atoms with van der Waals surface area (Å²) in [4.78, 5) is 37.5. The fraction of sp³-hybridized carbons (Fsp3) is 0.524. The molecule has 0 radical (unpaired) electrons. The van der Waals surface area contributed by atoms with Gasteiger partial charge in [0.05, 0.1) is 5.56 Å². The Morgan fingerprint density at radius 3 is 2.26 bits per heavy atom.